The second-order valence-electron chi connectivity index (χ2n) is 4.58. The van der Waals surface area contributed by atoms with Gasteiger partial charge in [-0.1, -0.05) is 0 Å². The normalized spacial score (nSPS) is 13.6. The number of aryl methyl sites for hydroxylation is 3. The highest BCUT2D eigenvalue weighted by molar-refractivity contribution is 7.89. The maximum absolute atomic E-state index is 12.3. The summed E-state index contributed by atoms with van der Waals surface area (Å²) in [4.78, 5) is 5.19. The van der Waals surface area contributed by atoms with Gasteiger partial charge in [-0.2, -0.15) is 5.10 Å². The van der Waals surface area contributed by atoms with E-state index in [1.807, 2.05) is 13.8 Å². The zero-order chi connectivity index (χ0) is 15.1. The van der Waals surface area contributed by atoms with Crippen molar-refractivity contribution in [2.45, 2.75) is 31.7 Å². The zero-order valence-corrected chi connectivity index (χ0v) is 13.3. The maximum atomic E-state index is 12.3. The molecular formula is C11H17N5O2S2. The number of anilines is 1. The highest BCUT2D eigenvalue weighted by atomic mass is 32.2. The minimum atomic E-state index is -3.70. The van der Waals surface area contributed by atoms with Crippen LogP contribution >= 0.6 is 11.3 Å². The van der Waals surface area contributed by atoms with Gasteiger partial charge in [0, 0.05) is 18.1 Å². The van der Waals surface area contributed by atoms with Crippen LogP contribution in [-0.4, -0.2) is 23.2 Å². The molecule has 0 aromatic carbocycles. The molecule has 0 aliphatic heterocycles. The monoisotopic (exact) mass is 315 g/mol. The molecule has 2 aromatic heterocycles. The second kappa shape index (κ2) is 5.15. The molecule has 1 unspecified atom stereocenters. The van der Waals surface area contributed by atoms with Crippen LogP contribution < -0.4 is 10.5 Å². The van der Waals surface area contributed by atoms with E-state index < -0.39 is 10.0 Å². The number of thiazole rings is 1. The van der Waals surface area contributed by atoms with Crippen LogP contribution in [0.15, 0.2) is 11.1 Å². The van der Waals surface area contributed by atoms with E-state index in [9.17, 15) is 8.42 Å². The predicted octanol–water partition coefficient (Wildman–Crippen LogP) is 1.12. The first-order chi connectivity index (χ1) is 9.20. The van der Waals surface area contributed by atoms with Crippen molar-refractivity contribution < 1.29 is 8.42 Å². The molecule has 0 amide bonds. The molecule has 0 radical (unpaired) electrons. The van der Waals surface area contributed by atoms with Crippen molar-refractivity contribution in [3.8, 4) is 0 Å². The van der Waals surface area contributed by atoms with Crippen LogP contribution in [-0.2, 0) is 17.1 Å². The highest BCUT2D eigenvalue weighted by Gasteiger charge is 2.25. The molecule has 0 bridgehead atoms. The first kappa shape index (κ1) is 14.9. The van der Waals surface area contributed by atoms with Crippen molar-refractivity contribution >= 4 is 27.2 Å². The average molecular weight is 315 g/mol. The van der Waals surface area contributed by atoms with E-state index in [0.29, 0.717) is 0 Å². The van der Waals surface area contributed by atoms with E-state index in [-0.39, 0.29) is 16.8 Å². The van der Waals surface area contributed by atoms with Gasteiger partial charge < -0.3 is 5.73 Å². The Morgan fingerprint density at radius 3 is 2.55 bits per heavy atom. The molecule has 1 atom stereocenters. The van der Waals surface area contributed by atoms with Crippen molar-refractivity contribution in [2.24, 2.45) is 7.05 Å². The second-order valence-corrected chi connectivity index (χ2v) is 7.49. The summed E-state index contributed by atoms with van der Waals surface area (Å²) in [6.45, 7) is 5.54. The summed E-state index contributed by atoms with van der Waals surface area (Å²) in [7, 11) is -2.08. The summed E-state index contributed by atoms with van der Waals surface area (Å²) in [6, 6.07) is -0.370. The standard InChI is InChI=1S/C11H17N5O2S2/c1-6-10(19-8(3)13-6)7(2)15-20(17,18)9-5-16(4)14-11(9)12/h5,7,15H,1-4H3,(H2,12,14). The summed E-state index contributed by atoms with van der Waals surface area (Å²) in [5.41, 5.74) is 6.45. The molecule has 2 aromatic rings. The molecule has 9 heteroatoms. The number of nitrogen functional groups attached to an aromatic ring is 1. The van der Waals surface area contributed by atoms with Crippen LogP contribution in [0.2, 0.25) is 0 Å². The van der Waals surface area contributed by atoms with Gasteiger partial charge in [0.15, 0.2) is 5.82 Å². The van der Waals surface area contributed by atoms with E-state index in [2.05, 4.69) is 14.8 Å². The molecular weight excluding hydrogens is 298 g/mol. The number of nitrogens with two attached hydrogens (primary N) is 1. The smallest absolute Gasteiger partial charge is 0.246 e. The van der Waals surface area contributed by atoms with Gasteiger partial charge in [-0.05, 0) is 20.8 Å². The van der Waals surface area contributed by atoms with Crippen molar-refractivity contribution in [1.82, 2.24) is 19.5 Å². The van der Waals surface area contributed by atoms with E-state index in [0.717, 1.165) is 15.6 Å². The van der Waals surface area contributed by atoms with Crippen LogP contribution in [0.5, 0.6) is 0 Å². The topological polar surface area (TPSA) is 103 Å². The number of sulfonamides is 1. The fourth-order valence-electron chi connectivity index (χ4n) is 1.99. The Bertz CT molecular complexity index is 732. The minimum absolute atomic E-state index is 0.00857. The highest BCUT2D eigenvalue weighted by Crippen LogP contribution is 2.26. The van der Waals surface area contributed by atoms with Gasteiger partial charge >= 0.3 is 0 Å². The molecule has 0 aliphatic carbocycles. The molecule has 3 N–H and O–H groups in total. The van der Waals surface area contributed by atoms with E-state index in [1.165, 1.54) is 22.2 Å². The van der Waals surface area contributed by atoms with Crippen molar-refractivity contribution in [3.05, 3.63) is 21.8 Å². The summed E-state index contributed by atoms with van der Waals surface area (Å²) in [5, 5.41) is 4.75. The third-order valence-electron chi connectivity index (χ3n) is 2.78. The van der Waals surface area contributed by atoms with Gasteiger partial charge in [0.05, 0.1) is 16.7 Å². The fraction of sp³-hybridized carbons (Fsp3) is 0.455. The van der Waals surface area contributed by atoms with Gasteiger partial charge in [0.2, 0.25) is 10.0 Å². The number of hydrogen-bond acceptors (Lipinski definition) is 6. The molecule has 2 rings (SSSR count). The van der Waals surface area contributed by atoms with Gasteiger partial charge in [-0.25, -0.2) is 18.1 Å². The Morgan fingerprint density at radius 2 is 2.10 bits per heavy atom. The van der Waals surface area contributed by atoms with Crippen LogP contribution in [0.25, 0.3) is 0 Å². The summed E-state index contributed by atoms with van der Waals surface area (Å²) in [5.74, 6) is -0.00981. The SMILES string of the molecule is Cc1nc(C)c(C(C)NS(=O)(=O)c2cn(C)nc2N)s1. The lowest BCUT2D eigenvalue weighted by molar-refractivity contribution is 0.568. The Hall–Kier alpha value is -1.45. The van der Waals surface area contributed by atoms with Gasteiger partial charge in [0.1, 0.15) is 4.90 Å². The van der Waals surface area contributed by atoms with Crippen LogP contribution in [0.1, 0.15) is 28.5 Å². The maximum Gasteiger partial charge on any atom is 0.246 e. The van der Waals surface area contributed by atoms with Crippen LogP contribution in [0, 0.1) is 13.8 Å². The number of nitrogens with one attached hydrogen (secondary N) is 1. The van der Waals surface area contributed by atoms with Crippen molar-refractivity contribution in [1.29, 1.82) is 0 Å². The molecule has 7 nitrogen and oxygen atoms in total. The summed E-state index contributed by atoms with van der Waals surface area (Å²) >= 11 is 1.48. The third-order valence-corrected chi connectivity index (χ3v) is 5.59. The van der Waals surface area contributed by atoms with Gasteiger partial charge in [-0.3, -0.25) is 4.68 Å². The number of hydrogen-bond donors (Lipinski definition) is 2. The zero-order valence-electron chi connectivity index (χ0n) is 11.7. The van der Waals surface area contributed by atoms with E-state index in [1.54, 1.807) is 14.0 Å². The van der Waals surface area contributed by atoms with Gasteiger partial charge in [-0.15, -0.1) is 11.3 Å². The number of rotatable bonds is 4. The molecule has 0 saturated carbocycles. The first-order valence-electron chi connectivity index (χ1n) is 5.96. The van der Waals surface area contributed by atoms with Crippen LogP contribution in [0.3, 0.4) is 0 Å². The Morgan fingerprint density at radius 1 is 1.45 bits per heavy atom. The minimum Gasteiger partial charge on any atom is -0.381 e. The predicted molar refractivity (Wildman–Crippen MR) is 77.9 cm³/mol. The largest absolute Gasteiger partial charge is 0.381 e. The number of aromatic nitrogens is 3. The molecule has 110 valence electrons. The third kappa shape index (κ3) is 2.84. The first-order valence-corrected chi connectivity index (χ1v) is 8.26. The summed E-state index contributed by atoms with van der Waals surface area (Å²) in [6.07, 6.45) is 1.38. The quantitative estimate of drug-likeness (QED) is 0.880. The van der Waals surface area contributed by atoms with Crippen LogP contribution in [0.4, 0.5) is 5.82 Å². The molecule has 0 spiro atoms. The molecule has 0 saturated heterocycles. The molecule has 0 fully saturated rings. The Kier molecular flexibility index (Phi) is 3.85. The molecule has 2 heterocycles. The molecule has 20 heavy (non-hydrogen) atoms. The van der Waals surface area contributed by atoms with Crippen molar-refractivity contribution in [2.75, 3.05) is 5.73 Å². The van der Waals surface area contributed by atoms with E-state index >= 15 is 0 Å². The van der Waals surface area contributed by atoms with Gasteiger partial charge in [0.25, 0.3) is 0 Å². The lowest BCUT2D eigenvalue weighted by Gasteiger charge is -2.12. The lowest BCUT2D eigenvalue weighted by Crippen LogP contribution is -2.27. The van der Waals surface area contributed by atoms with Crippen molar-refractivity contribution in [3.63, 3.8) is 0 Å². The lowest BCUT2D eigenvalue weighted by atomic mass is 10.2. The molecule has 0 aliphatic rings. The van der Waals surface area contributed by atoms with E-state index in [4.69, 9.17) is 5.73 Å². The number of nitrogens with zero attached hydrogens (tertiary/aromatic N) is 3. The fourth-order valence-corrected chi connectivity index (χ4v) is 4.31. The Labute approximate surface area is 121 Å². The average Bonchev–Trinajstić information content (AvgIpc) is 2.81. The summed E-state index contributed by atoms with van der Waals surface area (Å²) < 4.78 is 28.6. The Balaban J connectivity index is 2.29.